The van der Waals surface area contributed by atoms with Crippen LogP contribution < -0.4 is 0 Å². The second-order valence-electron chi connectivity index (χ2n) is 5.00. The second kappa shape index (κ2) is 4.87. The van der Waals surface area contributed by atoms with E-state index in [1.165, 1.54) is 5.56 Å². The van der Waals surface area contributed by atoms with Gasteiger partial charge in [-0.3, -0.25) is 14.6 Å². The fourth-order valence-electron chi connectivity index (χ4n) is 2.62. The van der Waals surface area contributed by atoms with E-state index in [0.29, 0.717) is 12.5 Å². The summed E-state index contributed by atoms with van der Waals surface area (Å²) in [6.45, 7) is 3.95. The number of nitrogens with one attached hydrogen (secondary N) is 1. The van der Waals surface area contributed by atoms with Crippen molar-refractivity contribution in [1.82, 2.24) is 24.9 Å². The van der Waals surface area contributed by atoms with Gasteiger partial charge in [0, 0.05) is 37.1 Å². The molecule has 0 unspecified atom stereocenters. The molecule has 1 N–H and O–H groups in total. The number of aryl methyl sites for hydroxylation is 1. The van der Waals surface area contributed by atoms with E-state index in [1.807, 2.05) is 30.3 Å². The second-order valence-corrected chi connectivity index (χ2v) is 5.00. The zero-order chi connectivity index (χ0) is 13.2. The molecule has 0 aliphatic carbocycles. The maximum Gasteiger partial charge on any atom is 0.244 e. The molecule has 2 aromatic rings. The van der Waals surface area contributed by atoms with Gasteiger partial charge in [0.25, 0.3) is 0 Å². The number of hydrogen-bond donors (Lipinski definition) is 1. The van der Waals surface area contributed by atoms with Crippen molar-refractivity contribution in [2.45, 2.75) is 25.8 Å². The molecule has 0 spiro atoms. The summed E-state index contributed by atoms with van der Waals surface area (Å²) in [5, 5.41) is 11.2. The molecule has 6 heteroatoms. The number of hydrogen-bond acceptors (Lipinski definition) is 3. The molecule has 1 saturated heterocycles. The topological polar surface area (TPSA) is 66.8 Å². The lowest BCUT2D eigenvalue weighted by Gasteiger charge is -2.16. The van der Waals surface area contributed by atoms with E-state index in [1.54, 1.807) is 10.9 Å². The van der Waals surface area contributed by atoms with Crippen LogP contribution in [0.1, 0.15) is 23.6 Å². The number of likely N-dealkylation sites (tertiary alicyclic amines) is 1. The molecule has 1 aliphatic rings. The normalized spacial score (nSPS) is 19.0. The third kappa shape index (κ3) is 2.38. The van der Waals surface area contributed by atoms with Gasteiger partial charge in [0.1, 0.15) is 6.54 Å². The third-order valence-corrected chi connectivity index (χ3v) is 3.67. The Morgan fingerprint density at radius 1 is 1.58 bits per heavy atom. The molecule has 0 saturated carbocycles. The first kappa shape index (κ1) is 12.0. The molecular weight excluding hydrogens is 242 g/mol. The number of H-pyrrole nitrogens is 1. The van der Waals surface area contributed by atoms with Gasteiger partial charge in [-0.05, 0) is 25.0 Å². The molecule has 1 atom stereocenters. The van der Waals surface area contributed by atoms with E-state index in [-0.39, 0.29) is 5.91 Å². The predicted octanol–water partition coefficient (Wildman–Crippen LogP) is 0.931. The Bertz CT molecular complexity index is 559. The lowest BCUT2D eigenvalue weighted by Crippen LogP contribution is -2.31. The fourth-order valence-corrected chi connectivity index (χ4v) is 2.62. The van der Waals surface area contributed by atoms with Crippen LogP contribution in [0, 0.1) is 6.92 Å². The molecule has 3 rings (SSSR count). The summed E-state index contributed by atoms with van der Waals surface area (Å²) in [7, 11) is 0. The van der Waals surface area contributed by atoms with Crippen LogP contribution in [0.2, 0.25) is 0 Å². The van der Waals surface area contributed by atoms with Crippen molar-refractivity contribution in [3.05, 3.63) is 35.9 Å². The average Bonchev–Trinajstić information content (AvgIpc) is 3.08. The van der Waals surface area contributed by atoms with Crippen LogP contribution in [0.15, 0.2) is 24.7 Å². The van der Waals surface area contributed by atoms with E-state index in [2.05, 4.69) is 15.3 Å². The van der Waals surface area contributed by atoms with E-state index >= 15 is 0 Å². The van der Waals surface area contributed by atoms with Gasteiger partial charge in [-0.2, -0.15) is 10.2 Å². The van der Waals surface area contributed by atoms with E-state index < -0.39 is 0 Å². The minimum absolute atomic E-state index is 0.128. The van der Waals surface area contributed by atoms with Crippen molar-refractivity contribution in [1.29, 1.82) is 0 Å². The average molecular weight is 259 g/mol. The Balaban J connectivity index is 1.63. The van der Waals surface area contributed by atoms with Crippen molar-refractivity contribution in [2.24, 2.45) is 0 Å². The molecule has 19 heavy (non-hydrogen) atoms. The summed E-state index contributed by atoms with van der Waals surface area (Å²) in [5.41, 5.74) is 2.33. The van der Waals surface area contributed by atoms with Gasteiger partial charge >= 0.3 is 0 Å². The van der Waals surface area contributed by atoms with Crippen LogP contribution in [0.5, 0.6) is 0 Å². The predicted molar refractivity (Wildman–Crippen MR) is 69.5 cm³/mol. The first-order chi connectivity index (χ1) is 9.24. The van der Waals surface area contributed by atoms with Gasteiger partial charge in [-0.15, -0.1) is 0 Å². The number of carbonyl (C=O) groups excluding carboxylic acids is 1. The number of carbonyl (C=O) groups is 1. The largest absolute Gasteiger partial charge is 0.340 e. The molecule has 2 aromatic heterocycles. The molecule has 6 nitrogen and oxygen atoms in total. The summed E-state index contributed by atoms with van der Waals surface area (Å²) >= 11 is 0. The maximum atomic E-state index is 12.2. The van der Waals surface area contributed by atoms with Gasteiger partial charge in [0.05, 0.1) is 6.20 Å². The highest BCUT2D eigenvalue weighted by Crippen LogP contribution is 2.27. The highest BCUT2D eigenvalue weighted by Gasteiger charge is 2.29. The highest BCUT2D eigenvalue weighted by molar-refractivity contribution is 5.76. The molecule has 100 valence electrons. The van der Waals surface area contributed by atoms with Crippen molar-refractivity contribution in [3.63, 3.8) is 0 Å². The smallest absolute Gasteiger partial charge is 0.244 e. The summed E-state index contributed by atoms with van der Waals surface area (Å²) < 4.78 is 1.66. The van der Waals surface area contributed by atoms with Crippen LogP contribution >= 0.6 is 0 Å². The minimum atomic E-state index is 0.128. The van der Waals surface area contributed by atoms with Crippen molar-refractivity contribution < 1.29 is 4.79 Å². The SMILES string of the molecule is Cc1cn[nH]c1[C@@H]1CCN(C(=O)Cn2cccn2)C1. The lowest BCUT2D eigenvalue weighted by atomic mass is 10.0. The van der Waals surface area contributed by atoms with E-state index in [0.717, 1.165) is 25.2 Å². The van der Waals surface area contributed by atoms with Gasteiger partial charge in [0.15, 0.2) is 0 Å². The molecule has 0 radical (unpaired) electrons. The molecule has 0 bridgehead atoms. The number of nitrogens with zero attached hydrogens (tertiary/aromatic N) is 4. The Morgan fingerprint density at radius 2 is 2.47 bits per heavy atom. The monoisotopic (exact) mass is 259 g/mol. The fraction of sp³-hybridized carbons (Fsp3) is 0.462. The zero-order valence-corrected chi connectivity index (χ0v) is 10.9. The van der Waals surface area contributed by atoms with E-state index in [9.17, 15) is 4.79 Å². The lowest BCUT2D eigenvalue weighted by molar-refractivity contribution is -0.131. The standard InChI is InChI=1S/C13H17N5O/c1-10-7-14-16-13(10)11-3-6-17(8-11)12(19)9-18-5-2-4-15-18/h2,4-5,7,11H,3,6,8-9H2,1H3,(H,14,16)/t11-/m1/s1. The first-order valence-corrected chi connectivity index (χ1v) is 6.49. The van der Waals surface area contributed by atoms with Crippen molar-refractivity contribution in [3.8, 4) is 0 Å². The summed E-state index contributed by atoms with van der Waals surface area (Å²) in [4.78, 5) is 14.1. The number of aromatic nitrogens is 4. The van der Waals surface area contributed by atoms with Gasteiger partial charge in [0.2, 0.25) is 5.91 Å². The van der Waals surface area contributed by atoms with Gasteiger partial charge in [-0.1, -0.05) is 0 Å². The molecular formula is C13H17N5O. The maximum absolute atomic E-state index is 12.2. The number of rotatable bonds is 3. The molecule has 1 fully saturated rings. The Hall–Kier alpha value is -2.11. The quantitative estimate of drug-likeness (QED) is 0.891. The molecule has 1 aliphatic heterocycles. The summed E-state index contributed by atoms with van der Waals surface area (Å²) in [5.74, 6) is 0.507. The highest BCUT2D eigenvalue weighted by atomic mass is 16.2. The van der Waals surface area contributed by atoms with Crippen LogP contribution in [-0.4, -0.2) is 43.9 Å². The van der Waals surface area contributed by atoms with Crippen molar-refractivity contribution >= 4 is 5.91 Å². The summed E-state index contributed by atoms with van der Waals surface area (Å²) in [6, 6.07) is 1.83. The van der Waals surface area contributed by atoms with Crippen LogP contribution in [0.3, 0.4) is 0 Å². The Kier molecular flexibility index (Phi) is 3.06. The Morgan fingerprint density at radius 3 is 3.16 bits per heavy atom. The third-order valence-electron chi connectivity index (χ3n) is 3.67. The van der Waals surface area contributed by atoms with E-state index in [4.69, 9.17) is 0 Å². The zero-order valence-electron chi connectivity index (χ0n) is 10.9. The molecule has 1 amide bonds. The first-order valence-electron chi connectivity index (χ1n) is 6.49. The van der Waals surface area contributed by atoms with Crippen LogP contribution in [0.4, 0.5) is 0 Å². The Labute approximate surface area is 111 Å². The van der Waals surface area contributed by atoms with Crippen LogP contribution in [0.25, 0.3) is 0 Å². The minimum Gasteiger partial charge on any atom is -0.340 e. The van der Waals surface area contributed by atoms with Crippen LogP contribution in [-0.2, 0) is 11.3 Å². The number of amides is 1. The molecule has 0 aromatic carbocycles. The molecule has 3 heterocycles. The van der Waals surface area contributed by atoms with Gasteiger partial charge in [-0.25, -0.2) is 0 Å². The summed E-state index contributed by atoms with van der Waals surface area (Å²) in [6.07, 6.45) is 6.33. The van der Waals surface area contributed by atoms with Crippen molar-refractivity contribution in [2.75, 3.05) is 13.1 Å². The van der Waals surface area contributed by atoms with Gasteiger partial charge < -0.3 is 4.90 Å². The number of aromatic amines is 1.